The molecule has 4 rings (SSSR count). The van der Waals surface area contributed by atoms with Gasteiger partial charge in [-0.1, -0.05) is 16.8 Å². The molecule has 0 bridgehead atoms. The minimum absolute atomic E-state index is 0.0178. The topological polar surface area (TPSA) is 55.9 Å². The standard InChI is InChI=1S/C24H28N3O2/c1-16-17(2)22-14-26(15-24(3,4)29)23(28)21(22)13-19(16)12-18-6-8-20(9-7-18)27-11-5-10-25-27/h5-9,11,13,29H,10,12,14-15H2,1-4H3/q+1. The number of carbonyl (C=O) groups is 1. The Bertz CT molecular complexity index is 1030. The van der Waals surface area contributed by atoms with E-state index in [2.05, 4.69) is 49.3 Å². The van der Waals surface area contributed by atoms with E-state index in [-0.39, 0.29) is 5.91 Å². The molecule has 0 spiro atoms. The molecule has 0 aromatic heterocycles. The number of benzene rings is 2. The first kappa shape index (κ1) is 19.5. The molecule has 0 atom stereocenters. The van der Waals surface area contributed by atoms with Gasteiger partial charge < -0.3 is 10.0 Å². The van der Waals surface area contributed by atoms with Gasteiger partial charge in [-0.05, 0) is 73.1 Å². The summed E-state index contributed by atoms with van der Waals surface area (Å²) in [6.07, 6.45) is 4.79. The maximum atomic E-state index is 12.9. The summed E-state index contributed by atoms with van der Waals surface area (Å²) >= 11 is 0. The summed E-state index contributed by atoms with van der Waals surface area (Å²) in [4.78, 5) is 14.7. The van der Waals surface area contributed by atoms with Crippen LogP contribution in [0.2, 0.25) is 0 Å². The van der Waals surface area contributed by atoms with Gasteiger partial charge in [-0.25, -0.2) is 0 Å². The zero-order valence-electron chi connectivity index (χ0n) is 17.6. The molecule has 2 aliphatic rings. The van der Waals surface area contributed by atoms with Crippen molar-refractivity contribution in [3.05, 3.63) is 76.0 Å². The van der Waals surface area contributed by atoms with E-state index >= 15 is 0 Å². The van der Waals surface area contributed by atoms with Crippen molar-refractivity contribution in [1.29, 1.82) is 0 Å². The Hall–Kier alpha value is -2.79. The highest BCUT2D eigenvalue weighted by molar-refractivity contribution is 5.99. The molecule has 0 unspecified atom stereocenters. The Balaban J connectivity index is 1.59. The molecule has 5 nitrogen and oxygen atoms in total. The predicted octanol–water partition coefficient (Wildman–Crippen LogP) is 4.24. The molecule has 0 fully saturated rings. The maximum Gasteiger partial charge on any atom is 0.254 e. The first-order chi connectivity index (χ1) is 13.7. The third kappa shape index (κ3) is 3.87. The van der Waals surface area contributed by atoms with Crippen LogP contribution >= 0.6 is 0 Å². The molecule has 5 heteroatoms. The van der Waals surface area contributed by atoms with E-state index in [1.807, 2.05) is 17.0 Å². The lowest BCUT2D eigenvalue weighted by molar-refractivity contribution is -0.433. The largest absolute Gasteiger partial charge is 0.389 e. The summed E-state index contributed by atoms with van der Waals surface area (Å²) in [6, 6.07) is 10.5. The average molecular weight is 391 g/mol. The number of azo groups is 2. The quantitative estimate of drug-likeness (QED) is 0.776. The molecular formula is C24H28N3O2+. The van der Waals surface area contributed by atoms with Crippen LogP contribution in [-0.2, 0) is 13.0 Å². The first-order valence-electron chi connectivity index (χ1n) is 10.1. The zero-order valence-corrected chi connectivity index (χ0v) is 17.6. The highest BCUT2D eigenvalue weighted by atomic mass is 16.3. The SMILES string of the molecule is Cc1c(Cc2ccc([N+]3=NCC=C3)cc2)cc2c(c1C)CN(CC(C)(C)O)C2=O. The Labute approximate surface area is 172 Å². The number of hydrogen-bond acceptors (Lipinski definition) is 3. The van der Waals surface area contributed by atoms with Crippen LogP contribution in [0.25, 0.3) is 0 Å². The molecule has 150 valence electrons. The minimum Gasteiger partial charge on any atom is -0.389 e. The normalized spacial score (nSPS) is 15.8. The van der Waals surface area contributed by atoms with Gasteiger partial charge in [0.2, 0.25) is 11.9 Å². The lowest BCUT2D eigenvalue weighted by Gasteiger charge is -2.25. The van der Waals surface area contributed by atoms with E-state index in [0.29, 0.717) is 13.1 Å². The molecule has 0 saturated carbocycles. The average Bonchev–Trinajstić information content (AvgIpc) is 3.29. The molecule has 1 N–H and O–H groups in total. The number of nitrogens with zero attached hydrogens (tertiary/aromatic N) is 3. The number of hydrogen-bond donors (Lipinski definition) is 1. The molecule has 0 radical (unpaired) electrons. The van der Waals surface area contributed by atoms with Crippen molar-refractivity contribution in [3.8, 4) is 0 Å². The monoisotopic (exact) mass is 390 g/mol. The van der Waals surface area contributed by atoms with Crippen LogP contribution in [0.3, 0.4) is 0 Å². The number of rotatable bonds is 5. The van der Waals surface area contributed by atoms with Crippen molar-refractivity contribution in [3.63, 3.8) is 0 Å². The van der Waals surface area contributed by atoms with Gasteiger partial charge in [0, 0.05) is 36.9 Å². The molecule has 0 aliphatic carbocycles. The number of β-amino-alcohol motifs (C(OH)–C–C–N with tert-alkyl or cyclic N) is 1. The Kier molecular flexibility index (Phi) is 4.87. The highest BCUT2D eigenvalue weighted by Gasteiger charge is 2.33. The lowest BCUT2D eigenvalue weighted by atomic mass is 9.91. The van der Waals surface area contributed by atoms with Gasteiger partial charge in [0.25, 0.3) is 5.91 Å². The van der Waals surface area contributed by atoms with Crippen LogP contribution in [0, 0.1) is 13.8 Å². The van der Waals surface area contributed by atoms with Crippen LogP contribution < -0.4 is 0 Å². The number of amides is 1. The van der Waals surface area contributed by atoms with Gasteiger partial charge in [-0.2, -0.15) is 0 Å². The van der Waals surface area contributed by atoms with Crippen LogP contribution in [0.5, 0.6) is 0 Å². The van der Waals surface area contributed by atoms with Crippen molar-refractivity contribution in [2.45, 2.75) is 46.3 Å². The van der Waals surface area contributed by atoms with E-state index in [9.17, 15) is 9.90 Å². The maximum absolute atomic E-state index is 12.9. The molecule has 1 amide bonds. The van der Waals surface area contributed by atoms with Crippen molar-refractivity contribution in [2.24, 2.45) is 5.11 Å². The zero-order chi connectivity index (χ0) is 20.8. The van der Waals surface area contributed by atoms with Gasteiger partial charge in [0.1, 0.15) is 6.54 Å². The van der Waals surface area contributed by atoms with E-state index in [4.69, 9.17) is 0 Å². The predicted molar refractivity (Wildman–Crippen MR) is 113 cm³/mol. The third-order valence-corrected chi connectivity index (χ3v) is 5.77. The van der Waals surface area contributed by atoms with Gasteiger partial charge in [-0.3, -0.25) is 4.79 Å². The lowest BCUT2D eigenvalue weighted by Crippen LogP contribution is -2.38. The van der Waals surface area contributed by atoms with Crippen LogP contribution in [0.4, 0.5) is 5.69 Å². The summed E-state index contributed by atoms with van der Waals surface area (Å²) in [5, 5.41) is 14.5. The Morgan fingerprint density at radius 3 is 2.52 bits per heavy atom. The minimum atomic E-state index is -0.901. The summed E-state index contributed by atoms with van der Waals surface area (Å²) < 4.78 is 1.89. The molecule has 2 heterocycles. The Morgan fingerprint density at radius 2 is 1.90 bits per heavy atom. The number of fused-ring (bicyclic) bond motifs is 1. The van der Waals surface area contributed by atoms with E-state index < -0.39 is 5.60 Å². The fourth-order valence-corrected chi connectivity index (χ4v) is 4.13. The molecule has 29 heavy (non-hydrogen) atoms. The molecule has 0 saturated heterocycles. The second kappa shape index (κ2) is 7.23. The van der Waals surface area contributed by atoms with Crippen molar-refractivity contribution in [2.75, 3.05) is 13.1 Å². The summed E-state index contributed by atoms with van der Waals surface area (Å²) in [6.45, 7) is 9.36. The van der Waals surface area contributed by atoms with Gasteiger partial charge in [0.15, 0.2) is 0 Å². The van der Waals surface area contributed by atoms with E-state index in [1.54, 1.807) is 18.7 Å². The molecule has 2 aliphatic heterocycles. The summed E-state index contributed by atoms with van der Waals surface area (Å²) in [5.74, 6) is 0.0178. The smallest absolute Gasteiger partial charge is 0.254 e. The highest BCUT2D eigenvalue weighted by Crippen LogP contribution is 2.32. The fourth-order valence-electron chi connectivity index (χ4n) is 4.13. The molecule has 2 aromatic rings. The molecule has 2 aromatic carbocycles. The van der Waals surface area contributed by atoms with E-state index in [0.717, 1.165) is 29.8 Å². The van der Waals surface area contributed by atoms with Crippen LogP contribution in [0.15, 0.2) is 47.7 Å². The third-order valence-electron chi connectivity index (χ3n) is 5.77. The van der Waals surface area contributed by atoms with Gasteiger partial charge in [-0.15, -0.1) is 0 Å². The van der Waals surface area contributed by atoms with E-state index in [1.165, 1.54) is 22.3 Å². The van der Waals surface area contributed by atoms with Crippen LogP contribution in [0.1, 0.15) is 52.0 Å². The van der Waals surface area contributed by atoms with Gasteiger partial charge >= 0.3 is 0 Å². The summed E-state index contributed by atoms with van der Waals surface area (Å²) in [5.41, 5.74) is 6.84. The summed E-state index contributed by atoms with van der Waals surface area (Å²) in [7, 11) is 0. The molecular weight excluding hydrogens is 362 g/mol. The van der Waals surface area contributed by atoms with Crippen molar-refractivity contribution >= 4 is 11.6 Å². The second-order valence-corrected chi connectivity index (χ2v) is 8.68. The van der Waals surface area contributed by atoms with Crippen LogP contribution in [-0.4, -0.2) is 39.3 Å². The number of carbonyl (C=O) groups excluding carboxylic acids is 1. The Morgan fingerprint density at radius 1 is 1.17 bits per heavy atom. The second-order valence-electron chi connectivity index (χ2n) is 8.68. The van der Waals surface area contributed by atoms with Crippen molar-refractivity contribution < 1.29 is 14.6 Å². The van der Waals surface area contributed by atoms with Crippen molar-refractivity contribution in [1.82, 2.24) is 4.90 Å². The number of aliphatic hydroxyl groups is 1. The first-order valence-corrected chi connectivity index (χ1v) is 10.1. The fraction of sp³-hybridized carbons (Fsp3) is 0.375. The van der Waals surface area contributed by atoms with Gasteiger partial charge in [0.05, 0.1) is 5.60 Å².